The molecule has 11 nitrogen and oxygen atoms in total. The summed E-state index contributed by atoms with van der Waals surface area (Å²) in [6.07, 6.45) is 10.0. The van der Waals surface area contributed by atoms with E-state index in [1.165, 1.54) is 12.1 Å². The Balaban J connectivity index is 2.59. The van der Waals surface area contributed by atoms with Crippen molar-refractivity contribution in [3.63, 3.8) is 0 Å². The van der Waals surface area contributed by atoms with Crippen LogP contribution < -0.4 is 32.3 Å². The average molecular weight is 579 g/mol. The van der Waals surface area contributed by atoms with E-state index in [0.717, 1.165) is 64.5 Å². The molecule has 1 heterocycles. The van der Waals surface area contributed by atoms with Gasteiger partial charge in [-0.15, -0.1) is 0 Å². The molecule has 0 fully saturated rings. The molecule has 0 unspecified atom stereocenters. The molecule has 1 aromatic rings. The lowest BCUT2D eigenvalue weighted by Crippen LogP contribution is -2.51. The topological polar surface area (TPSA) is 154 Å². The normalized spacial score (nSPS) is 12.7. The third kappa shape index (κ3) is 15.6. The largest absolute Gasteiger partial charge is 0.446 e. The van der Waals surface area contributed by atoms with Crippen LogP contribution in [0, 0.1) is 11.8 Å². The highest BCUT2D eigenvalue weighted by Gasteiger charge is 2.23. The summed E-state index contributed by atoms with van der Waals surface area (Å²) in [6, 6.07) is 1.78. The van der Waals surface area contributed by atoms with Crippen LogP contribution in [0.25, 0.3) is 0 Å². The van der Waals surface area contributed by atoms with Crippen LogP contribution in [0.5, 0.6) is 0 Å². The smallest absolute Gasteiger partial charge is 0.305 e. The third-order valence-corrected chi connectivity index (χ3v) is 6.54. The van der Waals surface area contributed by atoms with Gasteiger partial charge in [-0.2, -0.15) is 0 Å². The SMILES string of the molecule is CCCCCCN[C@@H](CC(C)C)C(=O)NNC(=O)c1ccc(C(=O)NNC(=O)[C@H](CC(C)C)NCCCCCC)o1. The average Bonchev–Trinajstić information content (AvgIpc) is 3.43. The summed E-state index contributed by atoms with van der Waals surface area (Å²) >= 11 is 0. The minimum Gasteiger partial charge on any atom is -0.446 e. The number of unbranched alkanes of at least 4 members (excludes halogenated alkanes) is 6. The van der Waals surface area contributed by atoms with Crippen molar-refractivity contribution in [1.82, 2.24) is 32.3 Å². The Morgan fingerprint density at radius 2 is 1.00 bits per heavy atom. The maximum atomic E-state index is 12.7. The number of hydrazine groups is 2. The summed E-state index contributed by atoms with van der Waals surface area (Å²) in [5, 5.41) is 6.55. The molecule has 0 aliphatic heterocycles. The first-order valence-electron chi connectivity index (χ1n) is 15.4. The van der Waals surface area contributed by atoms with E-state index < -0.39 is 23.9 Å². The van der Waals surface area contributed by atoms with Crippen molar-refractivity contribution >= 4 is 23.6 Å². The van der Waals surface area contributed by atoms with Gasteiger partial charge in [-0.3, -0.25) is 40.9 Å². The Kier molecular flexibility index (Phi) is 18.4. The quantitative estimate of drug-likeness (QED) is 0.101. The van der Waals surface area contributed by atoms with E-state index in [2.05, 4.69) is 46.2 Å². The van der Waals surface area contributed by atoms with Gasteiger partial charge in [-0.05, 0) is 62.7 Å². The van der Waals surface area contributed by atoms with Crippen LogP contribution in [-0.2, 0) is 9.59 Å². The van der Waals surface area contributed by atoms with Gasteiger partial charge in [0, 0.05) is 0 Å². The number of hydrogen-bond acceptors (Lipinski definition) is 7. The second-order valence-electron chi connectivity index (χ2n) is 11.4. The lowest BCUT2D eigenvalue weighted by atomic mass is 10.0. The van der Waals surface area contributed by atoms with Crippen molar-refractivity contribution in [1.29, 1.82) is 0 Å². The zero-order valence-electron chi connectivity index (χ0n) is 26.0. The van der Waals surface area contributed by atoms with Crippen molar-refractivity contribution in [3.8, 4) is 0 Å². The molecule has 6 N–H and O–H groups in total. The molecule has 234 valence electrons. The van der Waals surface area contributed by atoms with Crippen LogP contribution in [0.1, 0.15) is 127 Å². The number of amides is 4. The van der Waals surface area contributed by atoms with E-state index in [9.17, 15) is 19.2 Å². The first-order chi connectivity index (χ1) is 19.6. The van der Waals surface area contributed by atoms with Crippen LogP contribution >= 0.6 is 0 Å². The molecular weight excluding hydrogens is 524 g/mol. The molecule has 4 amide bonds. The van der Waals surface area contributed by atoms with E-state index in [4.69, 9.17) is 4.42 Å². The fourth-order valence-electron chi connectivity index (χ4n) is 4.28. The number of nitrogens with one attached hydrogen (secondary N) is 6. The van der Waals surface area contributed by atoms with Gasteiger partial charge < -0.3 is 15.1 Å². The minimum atomic E-state index is -0.697. The molecule has 2 atom stereocenters. The van der Waals surface area contributed by atoms with Crippen molar-refractivity contribution in [3.05, 3.63) is 23.7 Å². The van der Waals surface area contributed by atoms with Crippen LogP contribution in [0.4, 0.5) is 0 Å². The first-order valence-corrected chi connectivity index (χ1v) is 15.4. The van der Waals surface area contributed by atoms with Gasteiger partial charge in [0.05, 0.1) is 12.1 Å². The maximum Gasteiger partial charge on any atom is 0.305 e. The van der Waals surface area contributed by atoms with Crippen LogP contribution in [0.3, 0.4) is 0 Å². The summed E-state index contributed by atoms with van der Waals surface area (Å²) in [5.41, 5.74) is 9.59. The summed E-state index contributed by atoms with van der Waals surface area (Å²) in [6.45, 7) is 13.9. The lowest BCUT2D eigenvalue weighted by molar-refractivity contribution is -0.125. The Morgan fingerprint density at radius 3 is 1.34 bits per heavy atom. The van der Waals surface area contributed by atoms with Gasteiger partial charge in [0.2, 0.25) is 0 Å². The molecule has 1 aromatic heterocycles. The van der Waals surface area contributed by atoms with Gasteiger partial charge in [-0.1, -0.05) is 80.1 Å². The highest BCUT2D eigenvalue weighted by Crippen LogP contribution is 2.09. The molecule has 0 aromatic carbocycles. The number of carbonyl (C=O) groups excluding carboxylic acids is 4. The Morgan fingerprint density at radius 1 is 0.610 bits per heavy atom. The van der Waals surface area contributed by atoms with Crippen LogP contribution in [-0.4, -0.2) is 48.8 Å². The third-order valence-electron chi connectivity index (χ3n) is 6.54. The van der Waals surface area contributed by atoms with E-state index in [1.54, 1.807) is 0 Å². The standard InChI is InChI=1S/C30H54N6O5/c1-7-9-11-13-17-31-23(19-21(3)4)27(37)33-35-29(39)25-15-16-26(41-25)30(40)36-34-28(38)24(20-22(5)6)32-18-14-12-10-8-2/h15-16,21-24,31-32H,7-14,17-20H2,1-6H3,(H,33,37)(H,34,38)(H,35,39)(H,36,40)/t23-,24-/m0/s1. The van der Waals surface area contributed by atoms with Gasteiger partial charge in [0.25, 0.3) is 11.8 Å². The predicted octanol–water partition coefficient (Wildman–Crippen LogP) is 3.97. The first kappa shape index (κ1) is 36.1. The molecule has 0 bridgehead atoms. The molecule has 0 aliphatic carbocycles. The molecule has 0 spiro atoms. The fourth-order valence-corrected chi connectivity index (χ4v) is 4.28. The summed E-state index contributed by atoms with van der Waals surface area (Å²) < 4.78 is 5.37. The summed E-state index contributed by atoms with van der Waals surface area (Å²) in [4.78, 5) is 50.5. The van der Waals surface area contributed by atoms with E-state index in [0.29, 0.717) is 24.7 Å². The molecule has 0 aliphatic rings. The number of rotatable bonds is 20. The Labute approximate surface area is 246 Å². The molecule has 1 rings (SSSR count). The Hall–Kier alpha value is -2.92. The van der Waals surface area contributed by atoms with Crippen molar-refractivity contribution in [2.75, 3.05) is 13.1 Å². The zero-order valence-corrected chi connectivity index (χ0v) is 26.0. The van der Waals surface area contributed by atoms with Crippen LogP contribution in [0.15, 0.2) is 16.5 Å². The molecular formula is C30H54N6O5. The lowest BCUT2D eigenvalue weighted by Gasteiger charge is -2.20. The second-order valence-corrected chi connectivity index (χ2v) is 11.4. The predicted molar refractivity (Wildman–Crippen MR) is 161 cm³/mol. The molecule has 11 heteroatoms. The van der Waals surface area contributed by atoms with Crippen molar-refractivity contribution in [2.45, 2.75) is 118 Å². The number of carbonyl (C=O) groups is 4. The van der Waals surface area contributed by atoms with Gasteiger partial charge in [0.15, 0.2) is 11.5 Å². The van der Waals surface area contributed by atoms with Gasteiger partial charge >= 0.3 is 11.8 Å². The van der Waals surface area contributed by atoms with Crippen molar-refractivity contribution in [2.24, 2.45) is 11.8 Å². The summed E-state index contributed by atoms with van der Waals surface area (Å²) in [7, 11) is 0. The minimum absolute atomic E-state index is 0.152. The highest BCUT2D eigenvalue weighted by atomic mass is 16.4. The van der Waals surface area contributed by atoms with Crippen molar-refractivity contribution < 1.29 is 23.6 Å². The molecule has 41 heavy (non-hydrogen) atoms. The molecule has 0 saturated heterocycles. The molecule has 0 saturated carbocycles. The zero-order chi connectivity index (χ0) is 30.6. The summed E-state index contributed by atoms with van der Waals surface area (Å²) in [5.74, 6) is -1.80. The number of hydrogen-bond donors (Lipinski definition) is 6. The van der Waals surface area contributed by atoms with E-state index in [1.807, 2.05) is 27.7 Å². The Bertz CT molecular complexity index is 846. The monoisotopic (exact) mass is 578 g/mol. The molecule has 0 radical (unpaired) electrons. The second kappa shape index (κ2) is 20.9. The van der Waals surface area contributed by atoms with E-state index in [-0.39, 0.29) is 23.3 Å². The fraction of sp³-hybridized carbons (Fsp3) is 0.733. The maximum absolute atomic E-state index is 12.7. The van der Waals surface area contributed by atoms with Gasteiger partial charge in [0.1, 0.15) is 0 Å². The highest BCUT2D eigenvalue weighted by molar-refractivity contribution is 5.97. The number of furan rings is 1. The van der Waals surface area contributed by atoms with E-state index >= 15 is 0 Å². The van der Waals surface area contributed by atoms with Crippen LogP contribution in [0.2, 0.25) is 0 Å². The van der Waals surface area contributed by atoms with Gasteiger partial charge in [-0.25, -0.2) is 0 Å².